The zero-order valence-corrected chi connectivity index (χ0v) is 13.7. The number of amides is 2. The fourth-order valence-corrected chi connectivity index (χ4v) is 2.27. The van der Waals surface area contributed by atoms with Crippen LogP contribution >= 0.6 is 0 Å². The summed E-state index contributed by atoms with van der Waals surface area (Å²) in [6, 6.07) is 9.68. The number of aromatic nitrogens is 2. The highest BCUT2D eigenvalue weighted by Crippen LogP contribution is 2.14. The van der Waals surface area contributed by atoms with E-state index in [9.17, 15) is 22.8 Å². The molecule has 6 nitrogen and oxygen atoms in total. The Balaban J connectivity index is 1.56. The monoisotopic (exact) mass is 374 g/mol. The molecule has 3 rings (SSSR count). The number of hydrogen-bond acceptors (Lipinski definition) is 3. The van der Waals surface area contributed by atoms with Crippen LogP contribution in [0.3, 0.4) is 0 Å². The minimum Gasteiger partial charge on any atom is -0.343 e. The Hall–Kier alpha value is -3.62. The van der Waals surface area contributed by atoms with Gasteiger partial charge < -0.3 is 10.6 Å². The fourth-order valence-electron chi connectivity index (χ4n) is 2.27. The number of carbonyl (C=O) groups excluding carboxylic acids is 2. The van der Waals surface area contributed by atoms with Gasteiger partial charge in [-0.3, -0.25) is 9.59 Å². The van der Waals surface area contributed by atoms with E-state index in [0.29, 0.717) is 17.8 Å². The van der Waals surface area contributed by atoms with Crippen LogP contribution in [0.4, 0.5) is 18.9 Å². The second-order valence-corrected chi connectivity index (χ2v) is 5.48. The average Bonchev–Trinajstić information content (AvgIpc) is 3.19. The number of halogens is 3. The Morgan fingerprint density at radius 2 is 1.70 bits per heavy atom. The van der Waals surface area contributed by atoms with Crippen molar-refractivity contribution < 1.29 is 22.8 Å². The molecule has 0 spiro atoms. The van der Waals surface area contributed by atoms with Crippen LogP contribution in [0.2, 0.25) is 0 Å². The summed E-state index contributed by atoms with van der Waals surface area (Å²) in [6.07, 6.45) is 3.40. The van der Waals surface area contributed by atoms with Gasteiger partial charge >= 0.3 is 0 Å². The van der Waals surface area contributed by atoms with Crippen molar-refractivity contribution in [3.05, 3.63) is 77.9 Å². The zero-order valence-electron chi connectivity index (χ0n) is 13.7. The van der Waals surface area contributed by atoms with Crippen LogP contribution in [0.1, 0.15) is 10.4 Å². The molecule has 0 aliphatic carbocycles. The first-order valence-corrected chi connectivity index (χ1v) is 7.77. The summed E-state index contributed by atoms with van der Waals surface area (Å²) in [7, 11) is 0. The van der Waals surface area contributed by atoms with Gasteiger partial charge in [0, 0.05) is 23.6 Å². The SMILES string of the molecule is O=C(CNC(=O)c1cc(F)c(F)c(F)c1)Nc1ccc(-n2cccn2)cc1. The molecule has 2 aromatic carbocycles. The van der Waals surface area contributed by atoms with Crippen LogP contribution in [-0.4, -0.2) is 28.1 Å². The molecule has 0 bridgehead atoms. The first-order chi connectivity index (χ1) is 12.9. The molecule has 0 saturated heterocycles. The van der Waals surface area contributed by atoms with Gasteiger partial charge in [-0.05, 0) is 42.5 Å². The molecule has 9 heteroatoms. The molecule has 0 radical (unpaired) electrons. The summed E-state index contributed by atoms with van der Waals surface area (Å²) in [5.74, 6) is -6.08. The second kappa shape index (κ2) is 7.73. The Kier molecular flexibility index (Phi) is 5.20. The third-order valence-electron chi connectivity index (χ3n) is 3.58. The van der Waals surface area contributed by atoms with Gasteiger partial charge in [-0.1, -0.05) is 0 Å². The quantitative estimate of drug-likeness (QED) is 0.674. The van der Waals surface area contributed by atoms with Crippen molar-refractivity contribution in [2.45, 2.75) is 0 Å². The minimum absolute atomic E-state index is 0.428. The van der Waals surface area contributed by atoms with Gasteiger partial charge in [0.25, 0.3) is 5.91 Å². The van der Waals surface area contributed by atoms with Gasteiger partial charge in [-0.25, -0.2) is 17.9 Å². The maximum absolute atomic E-state index is 13.1. The Morgan fingerprint density at radius 1 is 1.04 bits per heavy atom. The van der Waals surface area contributed by atoms with Crippen molar-refractivity contribution in [2.24, 2.45) is 0 Å². The third-order valence-corrected chi connectivity index (χ3v) is 3.58. The molecular weight excluding hydrogens is 361 g/mol. The molecule has 0 saturated carbocycles. The van der Waals surface area contributed by atoms with Crippen molar-refractivity contribution >= 4 is 17.5 Å². The van der Waals surface area contributed by atoms with E-state index in [0.717, 1.165) is 5.69 Å². The number of nitrogens with one attached hydrogen (secondary N) is 2. The van der Waals surface area contributed by atoms with E-state index >= 15 is 0 Å². The number of benzene rings is 2. The van der Waals surface area contributed by atoms with Gasteiger partial charge in [0.2, 0.25) is 5.91 Å². The molecule has 0 unspecified atom stereocenters. The Bertz CT molecular complexity index is 950. The molecular formula is C18H13F3N4O2. The smallest absolute Gasteiger partial charge is 0.251 e. The van der Waals surface area contributed by atoms with Crippen LogP contribution < -0.4 is 10.6 Å². The van der Waals surface area contributed by atoms with Crippen molar-refractivity contribution in [3.63, 3.8) is 0 Å². The van der Waals surface area contributed by atoms with E-state index in [4.69, 9.17) is 0 Å². The molecule has 1 aromatic heterocycles. The molecule has 1 heterocycles. The minimum atomic E-state index is -1.66. The largest absolute Gasteiger partial charge is 0.343 e. The highest BCUT2D eigenvalue weighted by atomic mass is 19.2. The van der Waals surface area contributed by atoms with E-state index in [1.165, 1.54) is 0 Å². The van der Waals surface area contributed by atoms with Crippen molar-refractivity contribution in [3.8, 4) is 5.69 Å². The molecule has 3 aromatic rings. The number of carbonyl (C=O) groups is 2. The number of anilines is 1. The molecule has 0 aliphatic rings. The summed E-state index contributed by atoms with van der Waals surface area (Å²) in [5, 5.41) is 8.84. The van der Waals surface area contributed by atoms with Crippen LogP contribution in [0, 0.1) is 17.5 Å². The lowest BCUT2D eigenvalue weighted by Crippen LogP contribution is -2.33. The lowest BCUT2D eigenvalue weighted by atomic mass is 10.2. The average molecular weight is 374 g/mol. The second-order valence-electron chi connectivity index (χ2n) is 5.48. The first kappa shape index (κ1) is 18.2. The molecule has 0 atom stereocenters. The summed E-state index contributed by atoms with van der Waals surface area (Å²) >= 11 is 0. The van der Waals surface area contributed by atoms with Gasteiger partial charge in [-0.2, -0.15) is 5.10 Å². The summed E-state index contributed by atoms with van der Waals surface area (Å²) in [5.41, 5.74) is 0.860. The maximum Gasteiger partial charge on any atom is 0.251 e. The molecule has 138 valence electrons. The van der Waals surface area contributed by atoms with Crippen molar-refractivity contribution in [1.82, 2.24) is 15.1 Å². The lowest BCUT2D eigenvalue weighted by Gasteiger charge is -2.08. The highest BCUT2D eigenvalue weighted by Gasteiger charge is 2.15. The predicted octanol–water partition coefficient (Wildman–Crippen LogP) is 2.66. The molecule has 2 amide bonds. The molecule has 0 fully saturated rings. The number of hydrogen-bond donors (Lipinski definition) is 2. The van der Waals surface area contributed by atoms with Gasteiger partial charge in [0.15, 0.2) is 17.5 Å². The Labute approximate surface area is 151 Å². The number of nitrogens with zero attached hydrogens (tertiary/aromatic N) is 2. The maximum atomic E-state index is 13.1. The first-order valence-electron chi connectivity index (χ1n) is 7.77. The number of rotatable bonds is 5. The highest BCUT2D eigenvalue weighted by molar-refractivity contribution is 5.99. The van der Waals surface area contributed by atoms with E-state index in [-0.39, 0.29) is 0 Å². The third kappa shape index (κ3) is 4.32. The summed E-state index contributed by atoms with van der Waals surface area (Å²) in [4.78, 5) is 23.7. The van der Waals surface area contributed by atoms with Crippen LogP contribution in [0.25, 0.3) is 5.69 Å². The van der Waals surface area contributed by atoms with Crippen molar-refractivity contribution in [1.29, 1.82) is 0 Å². The van der Waals surface area contributed by atoms with Crippen molar-refractivity contribution in [2.75, 3.05) is 11.9 Å². The zero-order chi connectivity index (χ0) is 19.4. The topological polar surface area (TPSA) is 76.0 Å². The standard InChI is InChI=1S/C18H13F3N4O2/c19-14-8-11(9-15(20)17(14)21)18(27)22-10-16(26)24-12-2-4-13(5-3-12)25-7-1-6-23-25/h1-9H,10H2,(H,22,27)(H,24,26). The van der Waals surface area contributed by atoms with Crippen LogP contribution in [0.5, 0.6) is 0 Å². The summed E-state index contributed by atoms with van der Waals surface area (Å²) in [6.45, 7) is -0.430. The lowest BCUT2D eigenvalue weighted by molar-refractivity contribution is -0.115. The predicted molar refractivity (Wildman–Crippen MR) is 90.8 cm³/mol. The Morgan fingerprint density at radius 3 is 2.30 bits per heavy atom. The fraction of sp³-hybridized carbons (Fsp3) is 0.0556. The van der Waals surface area contributed by atoms with E-state index < -0.39 is 41.4 Å². The van der Waals surface area contributed by atoms with Crippen LogP contribution in [0.15, 0.2) is 54.9 Å². The molecule has 27 heavy (non-hydrogen) atoms. The molecule has 2 N–H and O–H groups in total. The normalized spacial score (nSPS) is 10.5. The van der Waals surface area contributed by atoms with Gasteiger partial charge in [0.05, 0.1) is 12.2 Å². The van der Waals surface area contributed by atoms with E-state index in [2.05, 4.69) is 15.7 Å². The van der Waals surface area contributed by atoms with Gasteiger partial charge in [-0.15, -0.1) is 0 Å². The van der Waals surface area contributed by atoms with E-state index in [1.54, 1.807) is 47.4 Å². The van der Waals surface area contributed by atoms with Gasteiger partial charge in [0.1, 0.15) is 0 Å². The molecule has 0 aliphatic heterocycles. The summed E-state index contributed by atoms with van der Waals surface area (Å²) < 4.78 is 40.8. The van der Waals surface area contributed by atoms with E-state index in [1.807, 2.05) is 0 Å². The van der Waals surface area contributed by atoms with Crippen LogP contribution in [-0.2, 0) is 4.79 Å².